The van der Waals surface area contributed by atoms with Crippen molar-refractivity contribution in [3.8, 4) is 0 Å². The molecule has 130 valence electrons. The summed E-state index contributed by atoms with van der Waals surface area (Å²) in [5.41, 5.74) is 0. The molecule has 0 radical (unpaired) electrons. The molecule has 0 aliphatic carbocycles. The second-order valence-electron chi connectivity index (χ2n) is 6.13. The van der Waals surface area contributed by atoms with Crippen molar-refractivity contribution < 1.29 is 25.6 Å². The predicted octanol–water partition coefficient (Wildman–Crippen LogP) is 1.80. The summed E-state index contributed by atoms with van der Waals surface area (Å²) in [6.07, 6.45) is 0.187. The first-order valence-corrected chi connectivity index (χ1v) is 10.5. The molecule has 1 atom stereocenters. The highest BCUT2D eigenvalue weighted by atomic mass is 32.2. The van der Waals surface area contributed by atoms with Crippen molar-refractivity contribution in [2.45, 2.75) is 31.2 Å². The van der Waals surface area contributed by atoms with E-state index in [2.05, 4.69) is 0 Å². The minimum Gasteiger partial charge on any atom is -0.229 e. The van der Waals surface area contributed by atoms with E-state index < -0.39 is 42.4 Å². The van der Waals surface area contributed by atoms with E-state index in [-0.39, 0.29) is 30.4 Å². The highest BCUT2D eigenvalue weighted by molar-refractivity contribution is 7.92. The Bertz CT molecular complexity index is 771. The molecule has 1 aliphatic heterocycles. The lowest BCUT2D eigenvalue weighted by atomic mass is 10.2. The van der Waals surface area contributed by atoms with Crippen LogP contribution in [0.2, 0.25) is 0 Å². The van der Waals surface area contributed by atoms with Gasteiger partial charge in [-0.3, -0.25) is 0 Å². The van der Waals surface area contributed by atoms with Crippen LogP contribution in [-0.4, -0.2) is 45.2 Å². The fourth-order valence-electron chi connectivity index (χ4n) is 2.62. The van der Waals surface area contributed by atoms with Crippen LogP contribution in [0.1, 0.15) is 20.3 Å². The zero-order valence-electron chi connectivity index (χ0n) is 12.9. The Morgan fingerprint density at radius 1 is 1.22 bits per heavy atom. The van der Waals surface area contributed by atoms with E-state index in [1.807, 2.05) is 0 Å². The lowest BCUT2D eigenvalue weighted by molar-refractivity contribution is 0.307. The largest absolute Gasteiger partial charge is 0.243 e. The molecule has 9 heteroatoms. The highest BCUT2D eigenvalue weighted by Crippen LogP contribution is 2.27. The molecule has 1 fully saturated rings. The molecule has 0 spiro atoms. The highest BCUT2D eigenvalue weighted by Gasteiger charge is 2.39. The minimum absolute atomic E-state index is 0.0634. The molecule has 5 nitrogen and oxygen atoms in total. The Morgan fingerprint density at radius 2 is 1.78 bits per heavy atom. The Hall–Kier alpha value is -1.06. The molecule has 1 saturated heterocycles. The third-order valence-corrected chi connectivity index (χ3v) is 7.25. The van der Waals surface area contributed by atoms with Gasteiger partial charge in [0.15, 0.2) is 9.84 Å². The first kappa shape index (κ1) is 18.3. The predicted molar refractivity (Wildman–Crippen MR) is 82.1 cm³/mol. The number of hydrogen-bond donors (Lipinski definition) is 0. The van der Waals surface area contributed by atoms with Gasteiger partial charge >= 0.3 is 0 Å². The van der Waals surface area contributed by atoms with Crippen LogP contribution in [0.3, 0.4) is 0 Å². The summed E-state index contributed by atoms with van der Waals surface area (Å²) in [7, 11) is -7.48. The van der Waals surface area contributed by atoms with Gasteiger partial charge < -0.3 is 0 Å². The van der Waals surface area contributed by atoms with E-state index in [0.29, 0.717) is 6.07 Å². The van der Waals surface area contributed by atoms with Crippen LogP contribution in [0, 0.1) is 17.6 Å². The van der Waals surface area contributed by atoms with Crippen molar-refractivity contribution in [2.24, 2.45) is 5.92 Å². The summed E-state index contributed by atoms with van der Waals surface area (Å²) < 4.78 is 76.7. The van der Waals surface area contributed by atoms with Crippen molar-refractivity contribution in [2.75, 3.05) is 18.1 Å². The van der Waals surface area contributed by atoms with Crippen LogP contribution in [0.25, 0.3) is 0 Å². The second-order valence-corrected chi connectivity index (χ2v) is 10.2. The summed E-state index contributed by atoms with van der Waals surface area (Å²) in [5.74, 6) is -2.40. The molecule has 0 aromatic heterocycles. The number of rotatable bonds is 5. The van der Waals surface area contributed by atoms with Gasteiger partial charge in [0.1, 0.15) is 11.6 Å². The zero-order chi connectivity index (χ0) is 17.4. The molecule has 1 aromatic carbocycles. The number of hydrogen-bond acceptors (Lipinski definition) is 4. The molecular weight excluding hydrogens is 348 g/mol. The van der Waals surface area contributed by atoms with Gasteiger partial charge in [0, 0.05) is 18.7 Å². The van der Waals surface area contributed by atoms with Gasteiger partial charge in [0.05, 0.1) is 16.4 Å². The SMILES string of the molecule is CC(C)CN(C1CCS(=O)(=O)C1)S(=O)(=O)c1cc(F)cc(F)c1. The maximum absolute atomic E-state index is 13.4. The Morgan fingerprint density at radius 3 is 2.22 bits per heavy atom. The summed E-state index contributed by atoms with van der Waals surface area (Å²) in [4.78, 5) is -0.500. The summed E-state index contributed by atoms with van der Waals surface area (Å²) in [6.45, 7) is 3.66. The first-order valence-electron chi connectivity index (χ1n) is 7.19. The normalized spacial score (nSPS) is 21.2. The molecule has 1 heterocycles. The topological polar surface area (TPSA) is 71.5 Å². The standard InChI is InChI=1S/C14H19F2NO4S2/c1-10(2)8-17(13-3-4-22(18,19)9-13)23(20,21)14-6-11(15)5-12(16)7-14/h5-7,10,13H,3-4,8-9H2,1-2H3. The number of nitrogens with zero attached hydrogens (tertiary/aromatic N) is 1. The number of benzene rings is 1. The van der Waals surface area contributed by atoms with Gasteiger partial charge in [0.2, 0.25) is 10.0 Å². The van der Waals surface area contributed by atoms with Crippen molar-refractivity contribution in [3.63, 3.8) is 0 Å². The van der Waals surface area contributed by atoms with Gasteiger partial charge in [-0.25, -0.2) is 25.6 Å². The van der Waals surface area contributed by atoms with Crippen molar-refractivity contribution >= 4 is 19.9 Å². The molecule has 1 unspecified atom stereocenters. The van der Waals surface area contributed by atoms with E-state index in [9.17, 15) is 25.6 Å². The number of sulfone groups is 1. The first-order chi connectivity index (χ1) is 10.5. The van der Waals surface area contributed by atoms with E-state index in [0.717, 1.165) is 16.4 Å². The van der Waals surface area contributed by atoms with Crippen molar-refractivity contribution in [3.05, 3.63) is 29.8 Å². The maximum Gasteiger partial charge on any atom is 0.243 e. The van der Waals surface area contributed by atoms with Crippen LogP contribution in [0.4, 0.5) is 8.78 Å². The van der Waals surface area contributed by atoms with Gasteiger partial charge in [0.25, 0.3) is 0 Å². The van der Waals surface area contributed by atoms with Crippen LogP contribution < -0.4 is 0 Å². The van der Waals surface area contributed by atoms with Gasteiger partial charge in [-0.1, -0.05) is 13.8 Å². The Balaban J connectivity index is 2.45. The molecule has 1 aromatic rings. The van der Waals surface area contributed by atoms with E-state index in [4.69, 9.17) is 0 Å². The van der Waals surface area contributed by atoms with E-state index >= 15 is 0 Å². The smallest absolute Gasteiger partial charge is 0.229 e. The summed E-state index contributed by atoms with van der Waals surface area (Å²) >= 11 is 0. The van der Waals surface area contributed by atoms with Crippen LogP contribution in [0.15, 0.2) is 23.1 Å². The summed E-state index contributed by atoms with van der Waals surface area (Å²) in [5, 5.41) is 0. The third-order valence-electron chi connectivity index (χ3n) is 3.60. The third kappa shape index (κ3) is 4.27. The maximum atomic E-state index is 13.4. The fourth-order valence-corrected chi connectivity index (χ4v) is 6.30. The van der Waals surface area contributed by atoms with Crippen LogP contribution in [-0.2, 0) is 19.9 Å². The molecule has 2 rings (SSSR count). The summed E-state index contributed by atoms with van der Waals surface area (Å²) in [6, 6.07) is 1.37. The van der Waals surface area contributed by atoms with Gasteiger partial charge in [-0.15, -0.1) is 0 Å². The zero-order valence-corrected chi connectivity index (χ0v) is 14.5. The number of halogens is 2. The quantitative estimate of drug-likeness (QED) is 0.796. The molecule has 1 aliphatic rings. The average molecular weight is 367 g/mol. The molecule has 0 amide bonds. The van der Waals surface area contributed by atoms with Crippen molar-refractivity contribution in [1.82, 2.24) is 4.31 Å². The minimum atomic E-state index is -4.19. The number of sulfonamides is 1. The Labute approximate surface area is 135 Å². The van der Waals surface area contributed by atoms with E-state index in [1.54, 1.807) is 13.8 Å². The molecule has 0 N–H and O–H groups in total. The van der Waals surface area contributed by atoms with Gasteiger partial charge in [-0.2, -0.15) is 4.31 Å². The monoisotopic (exact) mass is 367 g/mol. The molecule has 0 saturated carbocycles. The molecule has 0 bridgehead atoms. The Kier molecular flexibility index (Phi) is 5.12. The van der Waals surface area contributed by atoms with Gasteiger partial charge in [-0.05, 0) is 24.5 Å². The second kappa shape index (κ2) is 6.45. The molecule has 23 heavy (non-hydrogen) atoms. The lowest BCUT2D eigenvalue weighted by Crippen LogP contribution is -2.43. The van der Waals surface area contributed by atoms with Crippen LogP contribution >= 0.6 is 0 Å². The van der Waals surface area contributed by atoms with Crippen molar-refractivity contribution in [1.29, 1.82) is 0 Å². The molecular formula is C14H19F2NO4S2. The lowest BCUT2D eigenvalue weighted by Gasteiger charge is -2.29. The average Bonchev–Trinajstić information content (AvgIpc) is 2.74. The fraction of sp³-hybridized carbons (Fsp3) is 0.571. The van der Waals surface area contributed by atoms with Crippen LogP contribution in [0.5, 0.6) is 0 Å². The van der Waals surface area contributed by atoms with E-state index in [1.165, 1.54) is 0 Å².